The summed E-state index contributed by atoms with van der Waals surface area (Å²) in [5.74, 6) is 0.264. The van der Waals surface area contributed by atoms with Crippen LogP contribution in [0.2, 0.25) is 5.02 Å². The summed E-state index contributed by atoms with van der Waals surface area (Å²) in [5.41, 5.74) is 6.01. The van der Waals surface area contributed by atoms with E-state index in [0.29, 0.717) is 29.6 Å². The zero-order chi connectivity index (χ0) is 13.0. The molecule has 6 heteroatoms. The molecule has 0 fully saturated rings. The quantitative estimate of drug-likeness (QED) is 0.887. The molecule has 1 amide bonds. The first-order valence-corrected chi connectivity index (χ1v) is 5.78. The molecule has 0 atom stereocenters. The lowest BCUT2D eigenvalue weighted by molar-refractivity contribution is 0.0995. The number of nitrogens with two attached hydrogens (primary N) is 1. The van der Waals surface area contributed by atoms with Crippen LogP contribution in [0.3, 0.4) is 0 Å². The van der Waals surface area contributed by atoms with Crippen LogP contribution in [0.5, 0.6) is 0 Å². The van der Waals surface area contributed by atoms with Crippen molar-refractivity contribution in [1.29, 1.82) is 0 Å². The Morgan fingerprint density at radius 3 is 2.78 bits per heavy atom. The van der Waals surface area contributed by atoms with Gasteiger partial charge < -0.3 is 15.5 Å². The van der Waals surface area contributed by atoms with Crippen LogP contribution in [0, 0.1) is 0 Å². The van der Waals surface area contributed by atoms with Crippen LogP contribution in [-0.4, -0.2) is 17.4 Å². The van der Waals surface area contributed by atoms with Gasteiger partial charge >= 0.3 is 0 Å². The fourth-order valence-corrected chi connectivity index (χ4v) is 1.51. The Kier molecular flexibility index (Phi) is 3.96. The minimum absolute atomic E-state index is 0.161. The van der Waals surface area contributed by atoms with Gasteiger partial charge in [-0.05, 0) is 24.3 Å². The fourth-order valence-electron chi connectivity index (χ4n) is 1.38. The van der Waals surface area contributed by atoms with Crippen molar-refractivity contribution in [1.82, 2.24) is 4.98 Å². The van der Waals surface area contributed by atoms with Crippen molar-refractivity contribution in [3.05, 3.63) is 47.1 Å². The maximum atomic E-state index is 11.8. The molecular weight excluding hydrogens is 254 g/mol. The highest BCUT2D eigenvalue weighted by Crippen LogP contribution is 2.14. The number of nitrogens with one attached hydrogen (secondary N) is 1. The minimum atomic E-state index is -0.354. The van der Waals surface area contributed by atoms with Crippen LogP contribution < -0.4 is 11.1 Å². The second-order valence-electron chi connectivity index (χ2n) is 3.62. The molecule has 0 unspecified atom stereocenters. The van der Waals surface area contributed by atoms with Crippen molar-refractivity contribution in [3.8, 4) is 0 Å². The van der Waals surface area contributed by atoms with Gasteiger partial charge in [-0.2, -0.15) is 0 Å². The summed E-state index contributed by atoms with van der Waals surface area (Å²) >= 11 is 5.75. The molecule has 94 valence electrons. The second kappa shape index (κ2) is 5.66. The predicted octanol–water partition coefficient (Wildman–Crippen LogP) is 2.08. The van der Waals surface area contributed by atoms with E-state index >= 15 is 0 Å². The monoisotopic (exact) mass is 265 g/mol. The Bertz CT molecular complexity index is 537. The lowest BCUT2D eigenvalue weighted by Crippen LogP contribution is -2.10. The summed E-state index contributed by atoms with van der Waals surface area (Å²) in [5, 5.41) is 3.29. The molecule has 0 aliphatic heterocycles. The molecule has 1 aromatic heterocycles. The lowest BCUT2D eigenvalue weighted by Gasteiger charge is -2.02. The summed E-state index contributed by atoms with van der Waals surface area (Å²) in [6.07, 6.45) is 1.89. The normalized spacial score (nSPS) is 10.3. The van der Waals surface area contributed by atoms with Crippen molar-refractivity contribution in [2.75, 3.05) is 11.9 Å². The third kappa shape index (κ3) is 3.09. The number of anilines is 1. The number of carbonyl (C=O) groups excluding carboxylic acids is 1. The van der Waals surface area contributed by atoms with E-state index < -0.39 is 0 Å². The number of hydrogen-bond donors (Lipinski definition) is 2. The molecule has 0 saturated carbocycles. The van der Waals surface area contributed by atoms with Crippen LogP contribution in [0.4, 0.5) is 5.69 Å². The number of oxazole rings is 1. The topological polar surface area (TPSA) is 81.1 Å². The molecule has 0 bridgehead atoms. The van der Waals surface area contributed by atoms with Crippen LogP contribution in [0.15, 0.2) is 34.9 Å². The molecule has 0 saturated heterocycles. The number of halogens is 1. The molecule has 2 aromatic rings. The van der Waals surface area contributed by atoms with Gasteiger partial charge in [-0.25, -0.2) is 4.98 Å². The number of aromatic nitrogens is 1. The molecule has 18 heavy (non-hydrogen) atoms. The summed E-state index contributed by atoms with van der Waals surface area (Å²) in [4.78, 5) is 15.8. The Morgan fingerprint density at radius 1 is 1.39 bits per heavy atom. The first-order valence-electron chi connectivity index (χ1n) is 5.41. The summed E-state index contributed by atoms with van der Waals surface area (Å²) in [7, 11) is 0. The third-order valence-electron chi connectivity index (χ3n) is 2.24. The van der Waals surface area contributed by atoms with Gasteiger partial charge in [-0.1, -0.05) is 11.6 Å². The van der Waals surface area contributed by atoms with Gasteiger partial charge in [0.05, 0.1) is 6.20 Å². The van der Waals surface area contributed by atoms with Crippen molar-refractivity contribution in [3.63, 3.8) is 0 Å². The van der Waals surface area contributed by atoms with Gasteiger partial charge in [0.2, 0.25) is 5.76 Å². The minimum Gasteiger partial charge on any atom is -0.435 e. The van der Waals surface area contributed by atoms with Gasteiger partial charge in [0, 0.05) is 23.7 Å². The highest BCUT2D eigenvalue weighted by atomic mass is 35.5. The van der Waals surface area contributed by atoms with E-state index in [1.54, 1.807) is 24.3 Å². The first-order chi connectivity index (χ1) is 8.69. The molecule has 0 aliphatic rings. The van der Waals surface area contributed by atoms with E-state index in [0.717, 1.165) is 0 Å². The van der Waals surface area contributed by atoms with Crippen molar-refractivity contribution >= 4 is 23.2 Å². The summed E-state index contributed by atoms with van der Waals surface area (Å²) in [6, 6.07) is 6.80. The standard InChI is InChI=1S/C12H12ClN3O2/c13-8-1-3-9(4-2-8)16-12(17)10-7-15-11(18-10)5-6-14/h1-4,7H,5-6,14H2,(H,16,17). The predicted molar refractivity (Wildman–Crippen MR) is 68.7 cm³/mol. The molecule has 3 N–H and O–H groups in total. The van der Waals surface area contributed by atoms with Gasteiger partial charge in [0.1, 0.15) is 0 Å². The summed E-state index contributed by atoms with van der Waals surface area (Å²) < 4.78 is 5.25. The number of carbonyl (C=O) groups is 1. The van der Waals surface area contributed by atoms with E-state index in [9.17, 15) is 4.79 Å². The largest absolute Gasteiger partial charge is 0.435 e. The van der Waals surface area contributed by atoms with Crippen molar-refractivity contribution in [2.24, 2.45) is 5.73 Å². The van der Waals surface area contributed by atoms with Crippen LogP contribution in [0.25, 0.3) is 0 Å². The Morgan fingerprint density at radius 2 is 2.11 bits per heavy atom. The van der Waals surface area contributed by atoms with E-state index in [-0.39, 0.29) is 11.7 Å². The SMILES string of the molecule is NCCc1ncc(C(=O)Nc2ccc(Cl)cc2)o1. The van der Waals surface area contributed by atoms with E-state index in [2.05, 4.69) is 10.3 Å². The van der Waals surface area contributed by atoms with Crippen molar-refractivity contribution in [2.45, 2.75) is 6.42 Å². The molecular formula is C12H12ClN3O2. The fraction of sp³-hybridized carbons (Fsp3) is 0.167. The van der Waals surface area contributed by atoms with E-state index in [1.165, 1.54) is 6.20 Å². The van der Waals surface area contributed by atoms with Gasteiger partial charge in [-0.15, -0.1) is 0 Å². The van der Waals surface area contributed by atoms with E-state index in [4.69, 9.17) is 21.8 Å². The highest BCUT2D eigenvalue weighted by molar-refractivity contribution is 6.30. The van der Waals surface area contributed by atoms with Crippen LogP contribution >= 0.6 is 11.6 Å². The Balaban J connectivity index is 2.04. The van der Waals surface area contributed by atoms with Crippen LogP contribution in [0.1, 0.15) is 16.4 Å². The van der Waals surface area contributed by atoms with Crippen LogP contribution in [-0.2, 0) is 6.42 Å². The Labute approximate surface area is 109 Å². The first kappa shape index (κ1) is 12.6. The smallest absolute Gasteiger partial charge is 0.293 e. The maximum Gasteiger partial charge on any atom is 0.293 e. The lowest BCUT2D eigenvalue weighted by atomic mass is 10.3. The molecule has 5 nitrogen and oxygen atoms in total. The molecule has 2 rings (SSSR count). The van der Waals surface area contributed by atoms with Gasteiger partial charge in [-0.3, -0.25) is 4.79 Å². The highest BCUT2D eigenvalue weighted by Gasteiger charge is 2.12. The second-order valence-corrected chi connectivity index (χ2v) is 4.05. The molecule has 0 aliphatic carbocycles. The maximum absolute atomic E-state index is 11.8. The van der Waals surface area contributed by atoms with Gasteiger partial charge in [0.25, 0.3) is 5.91 Å². The molecule has 0 spiro atoms. The number of rotatable bonds is 4. The third-order valence-corrected chi connectivity index (χ3v) is 2.49. The Hall–Kier alpha value is -1.85. The average molecular weight is 266 g/mol. The number of benzene rings is 1. The zero-order valence-corrected chi connectivity index (χ0v) is 10.3. The number of hydrogen-bond acceptors (Lipinski definition) is 4. The number of nitrogens with zero attached hydrogens (tertiary/aromatic N) is 1. The van der Waals surface area contributed by atoms with Crippen molar-refractivity contribution < 1.29 is 9.21 Å². The zero-order valence-electron chi connectivity index (χ0n) is 9.52. The average Bonchev–Trinajstić information content (AvgIpc) is 2.81. The molecule has 0 radical (unpaired) electrons. The van der Waals surface area contributed by atoms with E-state index in [1.807, 2.05) is 0 Å². The van der Waals surface area contributed by atoms with Gasteiger partial charge in [0.15, 0.2) is 5.89 Å². The molecule has 1 aromatic carbocycles. The summed E-state index contributed by atoms with van der Waals surface area (Å²) in [6.45, 7) is 0.429. The number of amides is 1. The molecule has 1 heterocycles.